The highest BCUT2D eigenvalue weighted by Gasteiger charge is 2.42. The molecule has 0 unspecified atom stereocenters. The van der Waals surface area contributed by atoms with Gasteiger partial charge in [0.05, 0.1) is 0 Å². The van der Waals surface area contributed by atoms with Crippen LogP contribution in [0.2, 0.25) is 0 Å². The highest BCUT2D eigenvalue weighted by molar-refractivity contribution is 7.87. The van der Waals surface area contributed by atoms with Gasteiger partial charge in [0.1, 0.15) is 0 Å². The molecule has 0 heterocycles. The van der Waals surface area contributed by atoms with Crippen molar-refractivity contribution in [1.82, 2.24) is 9.03 Å². The Labute approximate surface area is 111 Å². The number of hydrogen-bond acceptors (Lipinski definition) is 2. The second kappa shape index (κ2) is 5.47. The van der Waals surface area contributed by atoms with Gasteiger partial charge in [-0.05, 0) is 43.9 Å². The second-order valence-electron chi connectivity index (χ2n) is 5.83. The van der Waals surface area contributed by atoms with Gasteiger partial charge in [0.25, 0.3) is 10.2 Å². The molecule has 4 nitrogen and oxygen atoms in total. The van der Waals surface area contributed by atoms with Gasteiger partial charge in [0, 0.05) is 19.1 Å². The first-order chi connectivity index (χ1) is 8.47. The Morgan fingerprint density at radius 2 is 1.89 bits per heavy atom. The first-order valence-electron chi connectivity index (χ1n) is 7.25. The lowest BCUT2D eigenvalue weighted by Crippen LogP contribution is -2.47. The van der Waals surface area contributed by atoms with Crippen LogP contribution in [0.3, 0.4) is 0 Å². The molecule has 106 valence electrons. The van der Waals surface area contributed by atoms with Gasteiger partial charge < -0.3 is 0 Å². The van der Waals surface area contributed by atoms with Crippen LogP contribution in [0.5, 0.6) is 0 Å². The second-order valence-corrected chi connectivity index (χ2v) is 7.54. The molecular formula is C13H26N2O2S. The number of fused-ring (bicyclic) bond motifs is 2. The summed E-state index contributed by atoms with van der Waals surface area (Å²) in [6.07, 6.45) is 5.19. The molecule has 0 aromatic carbocycles. The van der Waals surface area contributed by atoms with E-state index in [0.29, 0.717) is 19.0 Å². The van der Waals surface area contributed by atoms with Crippen molar-refractivity contribution in [2.24, 2.45) is 17.8 Å². The van der Waals surface area contributed by atoms with E-state index in [0.717, 1.165) is 11.8 Å². The van der Waals surface area contributed by atoms with Crippen LogP contribution < -0.4 is 4.72 Å². The summed E-state index contributed by atoms with van der Waals surface area (Å²) in [6.45, 7) is 6.87. The summed E-state index contributed by atoms with van der Waals surface area (Å²) in [7, 11) is -3.29. The van der Waals surface area contributed by atoms with Crippen molar-refractivity contribution in [3.8, 4) is 0 Å². The van der Waals surface area contributed by atoms with Crippen molar-refractivity contribution < 1.29 is 8.42 Å². The minimum absolute atomic E-state index is 0.0749. The molecule has 4 atom stereocenters. The van der Waals surface area contributed by atoms with Gasteiger partial charge in [-0.15, -0.1) is 0 Å². The molecule has 0 aliphatic heterocycles. The summed E-state index contributed by atoms with van der Waals surface area (Å²) in [5, 5.41) is 0. The van der Waals surface area contributed by atoms with Crippen LogP contribution in [0.1, 0.15) is 46.5 Å². The van der Waals surface area contributed by atoms with E-state index in [1.54, 1.807) is 0 Å². The maximum Gasteiger partial charge on any atom is 0.279 e. The van der Waals surface area contributed by atoms with E-state index in [9.17, 15) is 8.42 Å². The molecule has 2 aliphatic carbocycles. The van der Waals surface area contributed by atoms with E-state index in [2.05, 4.69) is 4.72 Å². The third-order valence-corrected chi connectivity index (χ3v) is 6.68. The Morgan fingerprint density at radius 3 is 2.33 bits per heavy atom. The predicted molar refractivity (Wildman–Crippen MR) is 73.4 cm³/mol. The number of nitrogens with zero attached hydrogens (tertiary/aromatic N) is 1. The summed E-state index contributed by atoms with van der Waals surface area (Å²) >= 11 is 0. The zero-order valence-electron chi connectivity index (χ0n) is 11.7. The van der Waals surface area contributed by atoms with E-state index in [-0.39, 0.29) is 6.04 Å². The van der Waals surface area contributed by atoms with E-state index in [4.69, 9.17) is 0 Å². The van der Waals surface area contributed by atoms with Crippen LogP contribution in [-0.2, 0) is 10.2 Å². The summed E-state index contributed by atoms with van der Waals surface area (Å²) in [6, 6.07) is 0.0749. The van der Waals surface area contributed by atoms with E-state index >= 15 is 0 Å². The summed E-state index contributed by atoms with van der Waals surface area (Å²) in [5.74, 6) is 2.17. The standard InChI is InChI=1S/C13H26N2O2S/c1-4-15(5-2)18(16,17)14-10(3)13-9-11-6-7-12(13)8-11/h10-14H,4-9H2,1-3H3/t10-,11-,12-,13+/m0/s1. The lowest BCUT2D eigenvalue weighted by atomic mass is 9.84. The van der Waals surface area contributed by atoms with Crippen molar-refractivity contribution in [1.29, 1.82) is 0 Å². The summed E-state index contributed by atoms with van der Waals surface area (Å²) in [5.41, 5.74) is 0. The molecule has 2 fully saturated rings. The van der Waals surface area contributed by atoms with Crippen LogP contribution in [0.25, 0.3) is 0 Å². The molecule has 0 aromatic heterocycles. The quantitative estimate of drug-likeness (QED) is 0.805. The van der Waals surface area contributed by atoms with E-state index < -0.39 is 10.2 Å². The zero-order chi connectivity index (χ0) is 13.3. The fourth-order valence-electron chi connectivity index (χ4n) is 3.87. The third-order valence-electron chi connectivity index (χ3n) is 4.82. The van der Waals surface area contributed by atoms with Crippen molar-refractivity contribution in [2.75, 3.05) is 13.1 Å². The predicted octanol–water partition coefficient (Wildman–Crippen LogP) is 1.99. The molecular weight excluding hydrogens is 248 g/mol. The average Bonchev–Trinajstić information content (AvgIpc) is 2.91. The first kappa shape index (κ1) is 14.3. The normalized spacial score (nSPS) is 33.2. The Hall–Kier alpha value is -0.130. The van der Waals surface area contributed by atoms with Crippen molar-refractivity contribution in [3.63, 3.8) is 0 Å². The smallest absolute Gasteiger partial charge is 0.199 e. The molecule has 0 saturated heterocycles. The van der Waals surface area contributed by atoms with E-state index in [1.807, 2.05) is 20.8 Å². The van der Waals surface area contributed by atoms with E-state index in [1.165, 1.54) is 30.0 Å². The van der Waals surface area contributed by atoms with Crippen molar-refractivity contribution in [3.05, 3.63) is 0 Å². The lowest BCUT2D eigenvalue weighted by Gasteiger charge is -2.30. The lowest BCUT2D eigenvalue weighted by molar-refractivity contribution is 0.276. The van der Waals surface area contributed by atoms with Gasteiger partial charge in [-0.3, -0.25) is 0 Å². The largest absolute Gasteiger partial charge is 0.279 e. The molecule has 0 amide bonds. The minimum atomic E-state index is -3.29. The molecule has 5 heteroatoms. The Balaban J connectivity index is 1.96. The van der Waals surface area contributed by atoms with Crippen LogP contribution in [0.4, 0.5) is 0 Å². The van der Waals surface area contributed by atoms with Gasteiger partial charge in [0.15, 0.2) is 0 Å². The number of rotatable bonds is 6. The van der Waals surface area contributed by atoms with Gasteiger partial charge in [-0.1, -0.05) is 20.3 Å². The van der Waals surface area contributed by atoms with Gasteiger partial charge in [-0.2, -0.15) is 17.4 Å². The maximum absolute atomic E-state index is 12.2. The topological polar surface area (TPSA) is 49.4 Å². The molecule has 1 N–H and O–H groups in total. The number of nitrogens with one attached hydrogen (secondary N) is 1. The van der Waals surface area contributed by atoms with Gasteiger partial charge >= 0.3 is 0 Å². The molecule has 2 rings (SSSR count). The van der Waals surface area contributed by atoms with Crippen LogP contribution in [0.15, 0.2) is 0 Å². The SMILES string of the molecule is CCN(CC)S(=O)(=O)N[C@@H](C)[C@H]1C[C@H]2CC[C@H]1C2. The highest BCUT2D eigenvalue weighted by atomic mass is 32.2. The Morgan fingerprint density at radius 1 is 1.22 bits per heavy atom. The molecule has 2 bridgehead atoms. The Kier molecular flexibility index (Phi) is 4.34. The summed E-state index contributed by atoms with van der Waals surface area (Å²) in [4.78, 5) is 0. The Bertz CT molecular complexity index is 378. The minimum Gasteiger partial charge on any atom is -0.199 e. The number of hydrogen-bond donors (Lipinski definition) is 1. The van der Waals surface area contributed by atoms with Gasteiger partial charge in [-0.25, -0.2) is 0 Å². The monoisotopic (exact) mass is 274 g/mol. The molecule has 0 spiro atoms. The third kappa shape index (κ3) is 2.73. The molecule has 2 aliphatic rings. The molecule has 0 radical (unpaired) electrons. The molecule has 18 heavy (non-hydrogen) atoms. The summed E-state index contributed by atoms with van der Waals surface area (Å²) < 4.78 is 28.7. The molecule has 0 aromatic rings. The maximum atomic E-state index is 12.2. The van der Waals surface area contributed by atoms with Crippen molar-refractivity contribution in [2.45, 2.75) is 52.5 Å². The van der Waals surface area contributed by atoms with Crippen LogP contribution in [-0.4, -0.2) is 31.9 Å². The fraction of sp³-hybridized carbons (Fsp3) is 1.00. The van der Waals surface area contributed by atoms with Crippen LogP contribution in [0, 0.1) is 17.8 Å². The zero-order valence-corrected chi connectivity index (χ0v) is 12.5. The molecule has 2 saturated carbocycles. The highest BCUT2D eigenvalue weighted by Crippen LogP contribution is 2.49. The average molecular weight is 274 g/mol. The van der Waals surface area contributed by atoms with Crippen LogP contribution >= 0.6 is 0 Å². The van der Waals surface area contributed by atoms with Gasteiger partial charge in [0.2, 0.25) is 0 Å². The van der Waals surface area contributed by atoms with Crippen molar-refractivity contribution >= 4 is 10.2 Å². The first-order valence-corrected chi connectivity index (χ1v) is 8.69. The fourth-order valence-corrected chi connectivity index (χ4v) is 5.34.